The lowest BCUT2D eigenvalue weighted by Crippen LogP contribution is -2.27. The van der Waals surface area contributed by atoms with Crippen LogP contribution in [0.4, 0.5) is 5.69 Å². The molecule has 0 radical (unpaired) electrons. The number of hydrogen-bond donors (Lipinski definition) is 0. The standard InChI is InChI=1S/C12H19BrN2/c1-5-15(8-9(2)3)11-6-7-14-10(4)12(11)13/h6-7,9H,5,8H2,1-4H3. The topological polar surface area (TPSA) is 16.1 Å². The number of aromatic nitrogens is 1. The molecule has 0 atom stereocenters. The summed E-state index contributed by atoms with van der Waals surface area (Å²) in [6, 6.07) is 2.07. The van der Waals surface area contributed by atoms with Crippen molar-refractivity contribution in [2.75, 3.05) is 18.0 Å². The Kier molecular flexibility index (Phi) is 4.58. The highest BCUT2D eigenvalue weighted by molar-refractivity contribution is 9.10. The van der Waals surface area contributed by atoms with Crippen molar-refractivity contribution >= 4 is 21.6 Å². The minimum absolute atomic E-state index is 0.672. The van der Waals surface area contributed by atoms with Crippen LogP contribution < -0.4 is 4.90 Å². The van der Waals surface area contributed by atoms with Gasteiger partial charge >= 0.3 is 0 Å². The fourth-order valence-electron chi connectivity index (χ4n) is 1.62. The number of nitrogens with zero attached hydrogens (tertiary/aromatic N) is 2. The zero-order valence-electron chi connectivity index (χ0n) is 9.92. The normalized spacial score (nSPS) is 10.8. The van der Waals surface area contributed by atoms with E-state index in [1.807, 2.05) is 13.1 Å². The Labute approximate surface area is 101 Å². The van der Waals surface area contributed by atoms with Gasteiger partial charge in [0.2, 0.25) is 0 Å². The van der Waals surface area contributed by atoms with E-state index >= 15 is 0 Å². The first kappa shape index (κ1) is 12.5. The molecule has 1 aromatic heterocycles. The second-order valence-corrected chi connectivity index (χ2v) is 4.95. The van der Waals surface area contributed by atoms with Gasteiger partial charge in [0.15, 0.2) is 0 Å². The van der Waals surface area contributed by atoms with Gasteiger partial charge < -0.3 is 4.90 Å². The molecule has 0 spiro atoms. The molecule has 0 saturated heterocycles. The molecular weight excluding hydrogens is 252 g/mol. The molecule has 0 N–H and O–H groups in total. The van der Waals surface area contributed by atoms with Crippen LogP contribution in [0.5, 0.6) is 0 Å². The first-order chi connectivity index (χ1) is 7.06. The molecule has 0 saturated carbocycles. The lowest BCUT2D eigenvalue weighted by atomic mass is 10.2. The summed E-state index contributed by atoms with van der Waals surface area (Å²) in [6.45, 7) is 10.8. The SMILES string of the molecule is CCN(CC(C)C)c1ccnc(C)c1Br. The van der Waals surface area contributed by atoms with E-state index in [1.54, 1.807) is 0 Å². The largest absolute Gasteiger partial charge is 0.371 e. The molecule has 0 aliphatic heterocycles. The van der Waals surface area contributed by atoms with Gasteiger partial charge in [0.25, 0.3) is 0 Å². The van der Waals surface area contributed by atoms with E-state index in [-0.39, 0.29) is 0 Å². The van der Waals surface area contributed by atoms with Crippen molar-refractivity contribution in [2.24, 2.45) is 5.92 Å². The Morgan fingerprint density at radius 1 is 1.47 bits per heavy atom. The Morgan fingerprint density at radius 2 is 2.13 bits per heavy atom. The van der Waals surface area contributed by atoms with Crippen LogP contribution in [0, 0.1) is 12.8 Å². The summed E-state index contributed by atoms with van der Waals surface area (Å²) in [6.07, 6.45) is 1.87. The van der Waals surface area contributed by atoms with Gasteiger partial charge in [-0.2, -0.15) is 0 Å². The molecule has 0 amide bonds. The van der Waals surface area contributed by atoms with E-state index in [0.29, 0.717) is 5.92 Å². The van der Waals surface area contributed by atoms with E-state index in [0.717, 1.165) is 23.3 Å². The van der Waals surface area contributed by atoms with Gasteiger partial charge in [-0.3, -0.25) is 4.98 Å². The fraction of sp³-hybridized carbons (Fsp3) is 0.583. The van der Waals surface area contributed by atoms with Gasteiger partial charge in [-0.05, 0) is 41.8 Å². The summed E-state index contributed by atoms with van der Waals surface area (Å²) in [5.74, 6) is 0.672. The van der Waals surface area contributed by atoms with Crippen molar-refractivity contribution < 1.29 is 0 Å². The van der Waals surface area contributed by atoms with E-state index < -0.39 is 0 Å². The van der Waals surface area contributed by atoms with Crippen molar-refractivity contribution in [2.45, 2.75) is 27.7 Å². The molecule has 1 rings (SSSR count). The molecule has 0 aliphatic carbocycles. The highest BCUT2D eigenvalue weighted by Gasteiger charge is 2.11. The highest BCUT2D eigenvalue weighted by atomic mass is 79.9. The molecule has 15 heavy (non-hydrogen) atoms. The Balaban J connectivity index is 2.96. The van der Waals surface area contributed by atoms with Crippen molar-refractivity contribution in [1.82, 2.24) is 4.98 Å². The van der Waals surface area contributed by atoms with Gasteiger partial charge in [-0.25, -0.2) is 0 Å². The number of anilines is 1. The van der Waals surface area contributed by atoms with Crippen LogP contribution in [0.15, 0.2) is 16.7 Å². The summed E-state index contributed by atoms with van der Waals surface area (Å²) >= 11 is 3.61. The third kappa shape index (κ3) is 3.20. The second kappa shape index (κ2) is 5.50. The summed E-state index contributed by atoms with van der Waals surface area (Å²) in [5, 5.41) is 0. The summed E-state index contributed by atoms with van der Waals surface area (Å²) in [5.41, 5.74) is 2.30. The third-order valence-corrected chi connectivity index (χ3v) is 3.33. The molecule has 1 aromatic rings. The maximum Gasteiger partial charge on any atom is 0.0621 e. The van der Waals surface area contributed by atoms with Crippen molar-refractivity contribution in [3.05, 3.63) is 22.4 Å². The second-order valence-electron chi connectivity index (χ2n) is 4.16. The molecule has 84 valence electrons. The number of rotatable bonds is 4. The molecular formula is C12H19BrN2. The Morgan fingerprint density at radius 3 is 2.67 bits per heavy atom. The van der Waals surface area contributed by atoms with Crippen molar-refractivity contribution in [3.8, 4) is 0 Å². The van der Waals surface area contributed by atoms with Crippen molar-refractivity contribution in [1.29, 1.82) is 0 Å². The summed E-state index contributed by atoms with van der Waals surface area (Å²) in [4.78, 5) is 6.64. The summed E-state index contributed by atoms with van der Waals surface area (Å²) in [7, 11) is 0. The average Bonchev–Trinajstić information content (AvgIpc) is 2.19. The van der Waals surface area contributed by atoms with Gasteiger partial charge in [-0.1, -0.05) is 13.8 Å². The zero-order valence-corrected chi connectivity index (χ0v) is 11.5. The van der Waals surface area contributed by atoms with Gasteiger partial charge in [-0.15, -0.1) is 0 Å². The van der Waals surface area contributed by atoms with E-state index in [4.69, 9.17) is 0 Å². The lowest BCUT2D eigenvalue weighted by molar-refractivity contribution is 0.618. The smallest absolute Gasteiger partial charge is 0.0621 e. The van der Waals surface area contributed by atoms with Crippen LogP contribution in [0.25, 0.3) is 0 Å². The molecule has 0 fully saturated rings. The number of pyridine rings is 1. The molecule has 2 nitrogen and oxygen atoms in total. The first-order valence-corrected chi connectivity index (χ1v) is 6.21. The Bertz CT molecular complexity index is 323. The fourth-order valence-corrected chi connectivity index (χ4v) is 2.10. The first-order valence-electron chi connectivity index (χ1n) is 5.42. The molecule has 1 heterocycles. The average molecular weight is 271 g/mol. The molecule has 0 unspecified atom stereocenters. The van der Waals surface area contributed by atoms with E-state index in [2.05, 4.69) is 52.7 Å². The maximum atomic E-state index is 4.26. The predicted molar refractivity (Wildman–Crippen MR) is 69.4 cm³/mol. The Hall–Kier alpha value is -0.570. The third-order valence-electron chi connectivity index (χ3n) is 2.35. The number of hydrogen-bond acceptors (Lipinski definition) is 2. The quantitative estimate of drug-likeness (QED) is 0.831. The van der Waals surface area contributed by atoms with Crippen LogP contribution in [0.1, 0.15) is 26.5 Å². The van der Waals surface area contributed by atoms with Crippen LogP contribution in [0.2, 0.25) is 0 Å². The zero-order chi connectivity index (χ0) is 11.4. The minimum Gasteiger partial charge on any atom is -0.371 e. The van der Waals surface area contributed by atoms with Gasteiger partial charge in [0, 0.05) is 19.3 Å². The van der Waals surface area contributed by atoms with Crippen LogP contribution in [-0.2, 0) is 0 Å². The number of aryl methyl sites for hydroxylation is 1. The number of halogens is 1. The van der Waals surface area contributed by atoms with Crippen LogP contribution in [-0.4, -0.2) is 18.1 Å². The monoisotopic (exact) mass is 270 g/mol. The van der Waals surface area contributed by atoms with Gasteiger partial charge in [0.05, 0.1) is 15.9 Å². The maximum absolute atomic E-state index is 4.26. The lowest BCUT2D eigenvalue weighted by Gasteiger charge is -2.26. The van der Waals surface area contributed by atoms with E-state index in [1.165, 1.54) is 5.69 Å². The molecule has 0 bridgehead atoms. The van der Waals surface area contributed by atoms with Crippen LogP contribution >= 0.6 is 15.9 Å². The molecule has 0 aliphatic rings. The van der Waals surface area contributed by atoms with E-state index in [9.17, 15) is 0 Å². The van der Waals surface area contributed by atoms with Crippen molar-refractivity contribution in [3.63, 3.8) is 0 Å². The highest BCUT2D eigenvalue weighted by Crippen LogP contribution is 2.28. The molecule has 0 aromatic carbocycles. The van der Waals surface area contributed by atoms with Gasteiger partial charge in [0.1, 0.15) is 0 Å². The summed E-state index contributed by atoms with van der Waals surface area (Å²) < 4.78 is 1.12. The van der Waals surface area contributed by atoms with Crippen LogP contribution in [0.3, 0.4) is 0 Å². The molecule has 3 heteroatoms. The minimum atomic E-state index is 0.672. The predicted octanol–water partition coefficient (Wildman–Crippen LogP) is 3.63.